The van der Waals surface area contributed by atoms with Gasteiger partial charge in [0.15, 0.2) is 0 Å². The van der Waals surface area contributed by atoms with Crippen LogP contribution in [-0.2, 0) is 39.3 Å². The van der Waals surface area contributed by atoms with E-state index in [0.29, 0.717) is 13.1 Å². The highest BCUT2D eigenvalue weighted by atomic mass is 32.1. The first-order chi connectivity index (χ1) is 15.6. The zero-order chi connectivity index (χ0) is 22.1. The molecule has 2 aromatic heterocycles. The van der Waals surface area contributed by atoms with Crippen LogP contribution in [0.15, 0.2) is 66.3 Å². The lowest BCUT2D eigenvalue weighted by Gasteiger charge is -2.32. The first kappa shape index (κ1) is 20.6. The van der Waals surface area contributed by atoms with Crippen molar-refractivity contribution in [2.24, 2.45) is 0 Å². The highest BCUT2D eigenvalue weighted by Crippen LogP contribution is 2.41. The van der Waals surface area contributed by atoms with E-state index in [9.17, 15) is 14.4 Å². The minimum atomic E-state index is -1.17. The number of carbonyl (C=O) groups is 3. The number of likely N-dealkylation sites (tertiary alicyclic amines) is 1. The van der Waals surface area contributed by atoms with Crippen molar-refractivity contribution in [3.63, 3.8) is 0 Å². The third kappa shape index (κ3) is 3.62. The fourth-order valence-corrected chi connectivity index (χ4v) is 5.58. The summed E-state index contributed by atoms with van der Waals surface area (Å²) in [6.07, 6.45) is 4.11. The quantitative estimate of drug-likeness (QED) is 0.565. The Morgan fingerprint density at radius 1 is 1.06 bits per heavy atom. The molecule has 1 fully saturated rings. The first-order valence-corrected chi connectivity index (χ1v) is 11.6. The molecule has 1 atom stereocenters. The highest BCUT2D eigenvalue weighted by molar-refractivity contribution is 7.10. The summed E-state index contributed by atoms with van der Waals surface area (Å²) in [6, 6.07) is 14.9. The summed E-state index contributed by atoms with van der Waals surface area (Å²) in [7, 11) is 0. The van der Waals surface area contributed by atoms with Gasteiger partial charge in [-0.25, -0.2) is 0 Å². The van der Waals surface area contributed by atoms with E-state index >= 15 is 0 Å². The van der Waals surface area contributed by atoms with Crippen molar-refractivity contribution < 1.29 is 14.4 Å². The van der Waals surface area contributed by atoms with Crippen LogP contribution in [0.25, 0.3) is 0 Å². The molecular weight excluding hydrogens is 422 g/mol. The maximum absolute atomic E-state index is 13.7. The topological polar surface area (TPSA) is 70.6 Å². The maximum Gasteiger partial charge on any atom is 0.241 e. The zero-order valence-electron chi connectivity index (χ0n) is 17.6. The van der Waals surface area contributed by atoms with Gasteiger partial charge in [0.25, 0.3) is 0 Å². The zero-order valence-corrected chi connectivity index (χ0v) is 18.4. The Morgan fingerprint density at radius 3 is 2.62 bits per heavy atom. The smallest absolute Gasteiger partial charge is 0.241 e. The number of pyridine rings is 1. The van der Waals surface area contributed by atoms with E-state index in [4.69, 9.17) is 0 Å². The summed E-state index contributed by atoms with van der Waals surface area (Å²) < 4.78 is 0. The number of carbonyl (C=O) groups excluding carboxylic acids is 3. The van der Waals surface area contributed by atoms with Crippen LogP contribution in [0.1, 0.15) is 34.4 Å². The number of rotatable bonds is 5. The van der Waals surface area contributed by atoms with E-state index in [-0.39, 0.29) is 37.1 Å². The SMILES string of the molecule is O=C(CC1(c2ccccc2)CC(=O)N(Cc2ccncc2)C1=O)N1CCc2sccc2C1. The monoisotopic (exact) mass is 445 g/mol. The molecule has 2 aliphatic heterocycles. The number of amides is 3. The van der Waals surface area contributed by atoms with Gasteiger partial charge in [-0.05, 0) is 46.7 Å². The molecule has 1 unspecified atom stereocenters. The minimum Gasteiger partial charge on any atom is -0.338 e. The molecule has 0 spiro atoms. The lowest BCUT2D eigenvalue weighted by molar-refractivity contribution is -0.143. The molecule has 0 N–H and O–H groups in total. The van der Waals surface area contributed by atoms with E-state index in [2.05, 4.69) is 16.4 Å². The Labute approximate surface area is 190 Å². The average molecular weight is 446 g/mol. The summed E-state index contributed by atoms with van der Waals surface area (Å²) in [5.74, 6) is -0.632. The van der Waals surface area contributed by atoms with Crippen LogP contribution in [0.2, 0.25) is 0 Å². The number of hydrogen-bond acceptors (Lipinski definition) is 5. The normalized spacial score (nSPS) is 20.5. The summed E-state index contributed by atoms with van der Waals surface area (Å²) in [6.45, 7) is 1.39. The van der Waals surface area contributed by atoms with Gasteiger partial charge < -0.3 is 4.90 Å². The fraction of sp³-hybridized carbons (Fsp3) is 0.280. The molecule has 0 radical (unpaired) electrons. The van der Waals surface area contributed by atoms with Crippen LogP contribution >= 0.6 is 11.3 Å². The van der Waals surface area contributed by atoms with E-state index in [1.165, 1.54) is 15.3 Å². The van der Waals surface area contributed by atoms with Gasteiger partial charge in [-0.15, -0.1) is 11.3 Å². The van der Waals surface area contributed by atoms with Crippen molar-refractivity contribution in [1.82, 2.24) is 14.8 Å². The number of imide groups is 1. The molecule has 32 heavy (non-hydrogen) atoms. The van der Waals surface area contributed by atoms with Crippen molar-refractivity contribution in [1.29, 1.82) is 0 Å². The van der Waals surface area contributed by atoms with Crippen LogP contribution in [0, 0.1) is 0 Å². The van der Waals surface area contributed by atoms with Gasteiger partial charge in [0, 0.05) is 43.2 Å². The maximum atomic E-state index is 13.7. The molecule has 1 saturated heterocycles. The van der Waals surface area contributed by atoms with Crippen molar-refractivity contribution in [2.75, 3.05) is 6.54 Å². The average Bonchev–Trinajstić information content (AvgIpc) is 3.39. The predicted octanol–water partition coefficient (Wildman–Crippen LogP) is 3.32. The van der Waals surface area contributed by atoms with Crippen molar-refractivity contribution in [3.8, 4) is 0 Å². The van der Waals surface area contributed by atoms with Gasteiger partial charge in [0.1, 0.15) is 0 Å². The lowest BCUT2D eigenvalue weighted by Crippen LogP contribution is -2.44. The number of fused-ring (bicyclic) bond motifs is 1. The predicted molar refractivity (Wildman–Crippen MR) is 121 cm³/mol. The molecule has 162 valence electrons. The number of thiophene rings is 1. The Morgan fingerprint density at radius 2 is 1.84 bits per heavy atom. The van der Waals surface area contributed by atoms with Crippen LogP contribution in [0.5, 0.6) is 0 Å². The Hall–Kier alpha value is -3.32. The first-order valence-electron chi connectivity index (χ1n) is 10.7. The molecule has 0 saturated carbocycles. The number of benzene rings is 1. The third-order valence-electron chi connectivity index (χ3n) is 6.44. The second-order valence-corrected chi connectivity index (χ2v) is 9.38. The molecule has 1 aromatic carbocycles. The number of aromatic nitrogens is 1. The lowest BCUT2D eigenvalue weighted by atomic mass is 9.75. The molecule has 2 aliphatic rings. The minimum absolute atomic E-state index is 0.00418. The molecule has 0 aliphatic carbocycles. The molecular formula is C25H23N3O3S. The van der Waals surface area contributed by atoms with Gasteiger partial charge in [-0.1, -0.05) is 30.3 Å². The molecule has 0 bridgehead atoms. The Bertz CT molecular complexity index is 1160. The van der Waals surface area contributed by atoms with Crippen LogP contribution in [0.3, 0.4) is 0 Å². The van der Waals surface area contributed by atoms with Crippen molar-refractivity contribution >= 4 is 29.1 Å². The van der Waals surface area contributed by atoms with Gasteiger partial charge in [0.2, 0.25) is 17.7 Å². The second-order valence-electron chi connectivity index (χ2n) is 8.38. The highest BCUT2D eigenvalue weighted by Gasteiger charge is 2.54. The van der Waals surface area contributed by atoms with Gasteiger partial charge in [-0.3, -0.25) is 24.3 Å². The molecule has 4 heterocycles. The van der Waals surface area contributed by atoms with Gasteiger partial charge in [0.05, 0.1) is 12.0 Å². The molecule has 6 nitrogen and oxygen atoms in total. The second kappa shape index (κ2) is 8.31. The molecule has 5 rings (SSSR count). The van der Waals surface area contributed by atoms with Crippen LogP contribution < -0.4 is 0 Å². The van der Waals surface area contributed by atoms with Crippen LogP contribution in [0.4, 0.5) is 0 Å². The summed E-state index contributed by atoms with van der Waals surface area (Å²) in [5, 5.41) is 2.06. The number of nitrogens with zero attached hydrogens (tertiary/aromatic N) is 3. The van der Waals surface area contributed by atoms with Crippen LogP contribution in [-0.4, -0.2) is 39.1 Å². The van der Waals surface area contributed by atoms with Crippen molar-refractivity contribution in [3.05, 3.63) is 87.9 Å². The van der Waals surface area contributed by atoms with Gasteiger partial charge >= 0.3 is 0 Å². The molecule has 3 amide bonds. The van der Waals surface area contributed by atoms with Gasteiger partial charge in [-0.2, -0.15) is 0 Å². The number of hydrogen-bond donors (Lipinski definition) is 0. The largest absolute Gasteiger partial charge is 0.338 e. The van der Waals surface area contributed by atoms with E-state index in [0.717, 1.165) is 17.5 Å². The standard InChI is InChI=1S/C25H23N3O3S/c29-22(27-12-8-21-19(17-27)9-13-32-21)14-25(20-4-2-1-3-5-20)15-23(30)28(24(25)31)16-18-6-10-26-11-7-18/h1-7,9-11,13H,8,12,14-17H2. The summed E-state index contributed by atoms with van der Waals surface area (Å²) >= 11 is 1.72. The van der Waals surface area contributed by atoms with Crippen molar-refractivity contribution in [2.45, 2.75) is 37.8 Å². The molecule has 7 heteroatoms. The Kier molecular flexibility index (Phi) is 5.35. The molecule has 3 aromatic rings. The third-order valence-corrected chi connectivity index (χ3v) is 7.46. The summed E-state index contributed by atoms with van der Waals surface area (Å²) in [5.41, 5.74) is 1.56. The van der Waals surface area contributed by atoms with E-state index in [1.807, 2.05) is 35.2 Å². The van der Waals surface area contributed by atoms with E-state index < -0.39 is 5.41 Å². The summed E-state index contributed by atoms with van der Waals surface area (Å²) in [4.78, 5) is 48.6. The Balaban J connectivity index is 1.44. The van der Waals surface area contributed by atoms with E-state index in [1.54, 1.807) is 35.9 Å². The fourth-order valence-electron chi connectivity index (χ4n) is 4.69.